The molecule has 1 aliphatic heterocycles. The number of rotatable bonds is 7. The van der Waals surface area contributed by atoms with Crippen molar-refractivity contribution in [1.82, 2.24) is 0 Å². The van der Waals surface area contributed by atoms with Gasteiger partial charge in [-0.05, 0) is 91.3 Å². The van der Waals surface area contributed by atoms with Crippen LogP contribution in [-0.4, -0.2) is 68.3 Å². The predicted octanol–water partition coefficient (Wildman–Crippen LogP) is 4.60. The first-order chi connectivity index (χ1) is 18.3. The second-order valence-corrected chi connectivity index (χ2v) is 15.3. The Balaban J connectivity index is 1.35. The Labute approximate surface area is 236 Å². The Hall–Kier alpha value is -0.500. The van der Waals surface area contributed by atoms with Crippen molar-refractivity contribution in [3.8, 4) is 0 Å². The molecule has 0 amide bonds. The molecule has 5 rings (SSSR count). The smallest absolute Gasteiger partial charge is 0.150 e. The largest absolute Gasteiger partial charge is 0.394 e. The number of aliphatic hydroxyl groups excluding tert-OH is 3. The second-order valence-electron chi connectivity index (χ2n) is 15.3. The zero-order valence-electron chi connectivity index (χ0n) is 25.1. The molecule has 0 radical (unpaired) electrons. The Morgan fingerprint density at radius 2 is 1.72 bits per heavy atom. The lowest BCUT2D eigenvalue weighted by Crippen LogP contribution is -2.75. The van der Waals surface area contributed by atoms with Crippen molar-refractivity contribution in [2.45, 2.75) is 135 Å². The van der Waals surface area contributed by atoms with Gasteiger partial charge in [0.25, 0.3) is 0 Å². The van der Waals surface area contributed by atoms with E-state index in [1.807, 2.05) is 0 Å². The average Bonchev–Trinajstić information content (AvgIpc) is 3.25. The lowest BCUT2D eigenvalue weighted by molar-refractivity contribution is -0.313. The third-order valence-corrected chi connectivity index (χ3v) is 13.1. The van der Waals surface area contributed by atoms with Crippen LogP contribution in [-0.2, 0) is 4.74 Å². The van der Waals surface area contributed by atoms with Crippen LogP contribution in [0.4, 0.5) is 0 Å². The molecule has 0 bridgehead atoms. The molecule has 0 aromatic heterocycles. The number of hydrogen-bond acceptors (Lipinski definition) is 6. The van der Waals surface area contributed by atoms with Gasteiger partial charge >= 0.3 is 0 Å². The fourth-order valence-corrected chi connectivity index (χ4v) is 10.7. The highest BCUT2D eigenvalue weighted by Gasteiger charge is 2.67. The van der Waals surface area contributed by atoms with Crippen LogP contribution in [0.1, 0.15) is 105 Å². The molecule has 224 valence electrons. The molecule has 5 aliphatic rings. The van der Waals surface area contributed by atoms with Crippen LogP contribution >= 0.6 is 0 Å². The van der Waals surface area contributed by atoms with Crippen LogP contribution in [0.25, 0.3) is 0 Å². The minimum atomic E-state index is -2.13. The topological polar surface area (TPSA) is 110 Å². The summed E-state index contributed by atoms with van der Waals surface area (Å²) in [5.41, 5.74) is -2.25. The molecule has 39 heavy (non-hydrogen) atoms. The van der Waals surface area contributed by atoms with Crippen LogP contribution in [0.3, 0.4) is 0 Å². The molecule has 0 unspecified atom stereocenters. The monoisotopic (exact) mass is 548 g/mol. The van der Waals surface area contributed by atoms with Crippen molar-refractivity contribution in [3.63, 3.8) is 0 Å². The molecule has 0 aromatic carbocycles. The van der Waals surface area contributed by atoms with Gasteiger partial charge in [0.15, 0.2) is 5.60 Å². The summed E-state index contributed by atoms with van der Waals surface area (Å²) < 4.78 is 5.53. The second kappa shape index (κ2) is 10.6. The molecule has 1 heterocycles. The van der Waals surface area contributed by atoms with Crippen LogP contribution in [0.5, 0.6) is 0 Å². The summed E-state index contributed by atoms with van der Waals surface area (Å²) in [6.45, 7) is 11.4. The van der Waals surface area contributed by atoms with Gasteiger partial charge in [0.1, 0.15) is 23.9 Å². The molecule has 4 aliphatic carbocycles. The maximum absolute atomic E-state index is 11.9. The summed E-state index contributed by atoms with van der Waals surface area (Å²) in [6.07, 6.45) is 9.81. The van der Waals surface area contributed by atoms with E-state index in [0.717, 1.165) is 36.5 Å². The Morgan fingerprint density at radius 1 is 0.974 bits per heavy atom. The van der Waals surface area contributed by atoms with Crippen molar-refractivity contribution < 1.29 is 30.3 Å². The van der Waals surface area contributed by atoms with Crippen molar-refractivity contribution >= 4 is 0 Å². The summed E-state index contributed by atoms with van der Waals surface area (Å²) in [5, 5.41) is 54.8. The summed E-state index contributed by atoms with van der Waals surface area (Å²) in [4.78, 5) is 0. The summed E-state index contributed by atoms with van der Waals surface area (Å²) in [7, 11) is 0. The minimum Gasteiger partial charge on any atom is -0.394 e. The van der Waals surface area contributed by atoms with Gasteiger partial charge < -0.3 is 30.3 Å². The van der Waals surface area contributed by atoms with E-state index in [2.05, 4.69) is 40.7 Å². The van der Waals surface area contributed by atoms with E-state index in [1.165, 1.54) is 50.5 Å². The third kappa shape index (κ3) is 4.59. The summed E-state index contributed by atoms with van der Waals surface area (Å²) >= 11 is 0. The fraction of sp³-hybridized carbons (Fsp3) is 0.939. The van der Waals surface area contributed by atoms with E-state index in [-0.39, 0.29) is 18.4 Å². The first-order valence-electron chi connectivity index (χ1n) is 16.0. The van der Waals surface area contributed by atoms with Gasteiger partial charge in [0.05, 0.1) is 13.2 Å². The first kappa shape index (κ1) is 30.0. The van der Waals surface area contributed by atoms with Crippen LogP contribution < -0.4 is 0 Å². The molecular weight excluding hydrogens is 492 g/mol. The standard InChI is InChI=1S/C33H56O6/c1-20(2)7-6-8-21(3)24-11-12-25-23-10-9-22-17-32(37,33(38)28(18-34)39-19-27(35)29(33)36)16-15-30(22,4)26(23)13-14-31(24,25)5/h9,20-21,23-29,34-38H,6-8,10-19H2,1-5H3/t21-,23+,24-,25+,26+,27+,28-,29-,30+,31-,32+,33-/m1/s1. The molecule has 5 N–H and O–H groups in total. The SMILES string of the molecule is CC(C)CCC[C@@H](C)[C@H]1CC[C@H]2[C@@H]3CC=C4C[C@](O)([C@]5(O)[C@H](O)[C@@H](O)CO[C@@H]5CO)CC[C@]4(C)[C@H]3CC[C@]12C. The van der Waals surface area contributed by atoms with E-state index < -0.39 is 36.1 Å². The molecule has 0 spiro atoms. The zero-order chi connectivity index (χ0) is 28.4. The lowest BCUT2D eigenvalue weighted by atomic mass is 9.45. The van der Waals surface area contributed by atoms with Gasteiger partial charge in [0.2, 0.25) is 0 Å². The highest BCUT2D eigenvalue weighted by Crippen LogP contribution is 2.68. The van der Waals surface area contributed by atoms with E-state index in [9.17, 15) is 25.5 Å². The molecule has 12 atom stereocenters. The normalized spacial score (nSPS) is 50.6. The van der Waals surface area contributed by atoms with Gasteiger partial charge in [-0.2, -0.15) is 0 Å². The van der Waals surface area contributed by atoms with E-state index in [0.29, 0.717) is 23.7 Å². The van der Waals surface area contributed by atoms with Crippen LogP contribution in [0.15, 0.2) is 11.6 Å². The van der Waals surface area contributed by atoms with E-state index in [4.69, 9.17) is 4.74 Å². The highest BCUT2D eigenvalue weighted by molar-refractivity contribution is 5.30. The Morgan fingerprint density at radius 3 is 2.41 bits per heavy atom. The quantitative estimate of drug-likeness (QED) is 0.298. The highest BCUT2D eigenvalue weighted by atomic mass is 16.5. The number of hydrogen-bond donors (Lipinski definition) is 5. The third-order valence-electron chi connectivity index (χ3n) is 13.1. The van der Waals surface area contributed by atoms with Crippen molar-refractivity contribution in [3.05, 3.63) is 11.6 Å². The van der Waals surface area contributed by atoms with Gasteiger partial charge in [0, 0.05) is 6.42 Å². The summed E-state index contributed by atoms with van der Waals surface area (Å²) in [6, 6.07) is 0. The Bertz CT molecular complexity index is 916. The van der Waals surface area contributed by atoms with E-state index >= 15 is 0 Å². The molecule has 0 aromatic rings. The maximum Gasteiger partial charge on any atom is 0.150 e. The van der Waals surface area contributed by atoms with Gasteiger partial charge in [-0.15, -0.1) is 0 Å². The van der Waals surface area contributed by atoms with Crippen molar-refractivity contribution in [2.24, 2.45) is 46.3 Å². The number of aliphatic hydroxyl groups is 5. The maximum atomic E-state index is 11.9. The average molecular weight is 549 g/mol. The molecule has 1 saturated heterocycles. The van der Waals surface area contributed by atoms with Crippen LogP contribution in [0.2, 0.25) is 0 Å². The molecular formula is C33H56O6. The minimum absolute atomic E-state index is 0.0401. The number of ether oxygens (including phenoxy) is 1. The zero-order valence-corrected chi connectivity index (χ0v) is 25.1. The van der Waals surface area contributed by atoms with Crippen molar-refractivity contribution in [1.29, 1.82) is 0 Å². The van der Waals surface area contributed by atoms with Crippen molar-refractivity contribution in [2.75, 3.05) is 13.2 Å². The first-order valence-corrected chi connectivity index (χ1v) is 16.0. The van der Waals surface area contributed by atoms with Gasteiger partial charge in [-0.3, -0.25) is 0 Å². The summed E-state index contributed by atoms with van der Waals surface area (Å²) in [5.74, 6) is 4.35. The van der Waals surface area contributed by atoms with Crippen LogP contribution in [0, 0.1) is 46.3 Å². The van der Waals surface area contributed by atoms with Gasteiger partial charge in [-0.25, -0.2) is 0 Å². The predicted molar refractivity (Wildman–Crippen MR) is 152 cm³/mol. The van der Waals surface area contributed by atoms with E-state index in [1.54, 1.807) is 0 Å². The number of allylic oxidation sites excluding steroid dienone is 1. The molecule has 6 nitrogen and oxygen atoms in total. The number of fused-ring (bicyclic) bond motifs is 5. The fourth-order valence-electron chi connectivity index (χ4n) is 10.7. The lowest BCUT2D eigenvalue weighted by Gasteiger charge is -2.62. The molecule has 3 saturated carbocycles. The van der Waals surface area contributed by atoms with Gasteiger partial charge in [-0.1, -0.05) is 65.5 Å². The molecule has 6 heteroatoms. The Kier molecular flexibility index (Phi) is 8.18. The molecule has 4 fully saturated rings.